The van der Waals surface area contributed by atoms with E-state index in [0.29, 0.717) is 31.5 Å². The molecule has 2 amide bonds. The lowest BCUT2D eigenvalue weighted by Gasteiger charge is -2.45. The topological polar surface area (TPSA) is 74.4 Å². The minimum absolute atomic E-state index is 0.0231. The van der Waals surface area contributed by atoms with Gasteiger partial charge in [0.25, 0.3) is 0 Å². The number of aryl methyl sites for hydroxylation is 1. The molecule has 2 aliphatic rings. The number of nitrogens with one attached hydrogen (secondary N) is 2. The van der Waals surface area contributed by atoms with Gasteiger partial charge in [-0.25, -0.2) is 0 Å². The van der Waals surface area contributed by atoms with E-state index in [0.717, 1.165) is 28.3 Å². The molecule has 224 valence electrons. The summed E-state index contributed by atoms with van der Waals surface area (Å²) in [4.78, 5) is 34.4. The lowest BCUT2D eigenvalue weighted by Crippen LogP contribution is -2.60. The van der Waals surface area contributed by atoms with Crippen LogP contribution in [0.25, 0.3) is 10.9 Å². The third-order valence-corrected chi connectivity index (χ3v) is 10.8. The first-order valence-electron chi connectivity index (χ1n) is 15.2. The fourth-order valence-electron chi connectivity index (χ4n) is 7.19. The molecule has 1 aromatic heterocycles. The molecule has 0 radical (unpaired) electrons. The highest BCUT2D eigenvalue weighted by molar-refractivity contribution is 7.99. The molecule has 2 atom stereocenters. The molecule has 1 saturated heterocycles. The molecule has 0 bridgehead atoms. The van der Waals surface area contributed by atoms with Crippen molar-refractivity contribution in [1.82, 2.24) is 9.88 Å². The minimum atomic E-state index is -0.927. The number of benzene rings is 3. The Morgan fingerprint density at radius 3 is 2.35 bits per heavy atom. The van der Waals surface area contributed by atoms with Crippen molar-refractivity contribution < 1.29 is 14.3 Å². The number of rotatable bonds is 9. The van der Waals surface area contributed by atoms with Gasteiger partial charge in [-0.05, 0) is 90.0 Å². The van der Waals surface area contributed by atoms with E-state index >= 15 is 0 Å². The van der Waals surface area contributed by atoms with Gasteiger partial charge in [0.15, 0.2) is 0 Å². The van der Waals surface area contributed by atoms with Gasteiger partial charge in [-0.15, -0.1) is 0 Å². The smallest absolute Gasteiger partial charge is 0.250 e. The first-order valence-corrected chi connectivity index (χ1v) is 16.3. The van der Waals surface area contributed by atoms with Crippen LogP contribution in [0, 0.1) is 18.3 Å². The van der Waals surface area contributed by atoms with E-state index in [9.17, 15) is 9.59 Å². The van der Waals surface area contributed by atoms with Crippen LogP contribution in [0.4, 0.5) is 5.69 Å². The first kappa shape index (κ1) is 29.4. The maximum Gasteiger partial charge on any atom is 0.250 e. The summed E-state index contributed by atoms with van der Waals surface area (Å²) in [5.74, 6) is 2.81. The molecule has 3 aromatic carbocycles. The molecule has 1 aliphatic heterocycles. The summed E-state index contributed by atoms with van der Waals surface area (Å²) >= 11 is 1.85. The second-order valence-electron chi connectivity index (χ2n) is 12.6. The normalized spacial score (nSPS) is 20.4. The summed E-state index contributed by atoms with van der Waals surface area (Å²) in [7, 11) is 1.63. The van der Waals surface area contributed by atoms with Gasteiger partial charge >= 0.3 is 0 Å². The number of anilines is 1. The number of carbonyl (C=O) groups is 2. The Balaban J connectivity index is 1.32. The van der Waals surface area contributed by atoms with Gasteiger partial charge in [-0.1, -0.05) is 62.4 Å². The molecule has 1 saturated carbocycles. The highest BCUT2D eigenvalue weighted by Crippen LogP contribution is 2.67. The molecule has 2 fully saturated rings. The lowest BCUT2D eigenvalue weighted by atomic mass is 9.87. The summed E-state index contributed by atoms with van der Waals surface area (Å²) in [6.07, 6.45) is 1.66. The standard InChI is InChI=1S/C36H41N3O3S/c1-24-32(28-12-8-9-13-30(28)37-24)33-29(35(33,2)3)22-31(40)39(23-25-10-6-5-7-11-25)36(18-20-43-21-19-36)34(41)38-26-14-16-27(42-4)17-15-26/h5-17,29,33,37H,18-23H2,1-4H3,(H,38,41)/t29-,33+/m0/s1. The largest absolute Gasteiger partial charge is 0.497 e. The minimum Gasteiger partial charge on any atom is -0.497 e. The second kappa shape index (κ2) is 11.8. The predicted molar refractivity (Wildman–Crippen MR) is 176 cm³/mol. The van der Waals surface area contributed by atoms with Crippen molar-refractivity contribution in [2.24, 2.45) is 11.3 Å². The quantitative estimate of drug-likeness (QED) is 0.210. The van der Waals surface area contributed by atoms with Crippen LogP contribution in [-0.2, 0) is 16.1 Å². The Morgan fingerprint density at radius 1 is 0.977 bits per heavy atom. The van der Waals surface area contributed by atoms with Crippen molar-refractivity contribution in [3.8, 4) is 5.75 Å². The number of hydrogen-bond donors (Lipinski definition) is 2. The number of H-pyrrole nitrogens is 1. The van der Waals surface area contributed by atoms with Crippen molar-refractivity contribution in [1.29, 1.82) is 0 Å². The zero-order valence-electron chi connectivity index (χ0n) is 25.5. The molecular weight excluding hydrogens is 554 g/mol. The number of ether oxygens (including phenoxy) is 1. The summed E-state index contributed by atoms with van der Waals surface area (Å²) in [5, 5.41) is 4.41. The SMILES string of the molecule is COc1ccc(NC(=O)C2(N(Cc3ccccc3)C(=O)C[C@H]3[C@H](c4c(C)[nH]c5ccccc45)C3(C)C)CCSCC2)cc1. The van der Waals surface area contributed by atoms with Gasteiger partial charge in [0.2, 0.25) is 11.8 Å². The number of methoxy groups -OCH3 is 1. The Kier molecular flexibility index (Phi) is 8.03. The highest BCUT2D eigenvalue weighted by Gasteiger charge is 2.60. The van der Waals surface area contributed by atoms with Crippen LogP contribution in [0.5, 0.6) is 5.75 Å². The Labute approximate surface area is 258 Å². The Hall–Kier alpha value is -3.71. The zero-order chi connectivity index (χ0) is 30.2. The van der Waals surface area contributed by atoms with Gasteiger partial charge in [-0.3, -0.25) is 9.59 Å². The summed E-state index contributed by atoms with van der Waals surface area (Å²) in [6, 6.07) is 25.9. The Bertz CT molecular complexity index is 1610. The fourth-order valence-corrected chi connectivity index (χ4v) is 8.36. The van der Waals surface area contributed by atoms with Crippen LogP contribution in [0.15, 0.2) is 78.9 Å². The van der Waals surface area contributed by atoms with Gasteiger partial charge in [0.1, 0.15) is 11.3 Å². The van der Waals surface area contributed by atoms with Crippen LogP contribution >= 0.6 is 11.8 Å². The van der Waals surface area contributed by atoms with Crippen LogP contribution in [0.1, 0.15) is 55.8 Å². The third kappa shape index (κ3) is 5.55. The number of hydrogen-bond acceptors (Lipinski definition) is 4. The van der Waals surface area contributed by atoms with Crippen LogP contribution < -0.4 is 10.1 Å². The predicted octanol–water partition coefficient (Wildman–Crippen LogP) is 7.55. The van der Waals surface area contributed by atoms with Crippen molar-refractivity contribution >= 4 is 40.2 Å². The molecule has 0 unspecified atom stereocenters. The number of aromatic nitrogens is 1. The van der Waals surface area contributed by atoms with E-state index in [4.69, 9.17) is 4.74 Å². The van der Waals surface area contributed by atoms with E-state index in [-0.39, 0.29) is 29.1 Å². The molecule has 4 aromatic rings. The average molecular weight is 596 g/mol. The number of nitrogens with zero attached hydrogens (tertiary/aromatic N) is 1. The van der Waals surface area contributed by atoms with Gasteiger partial charge < -0.3 is 19.9 Å². The van der Waals surface area contributed by atoms with Crippen LogP contribution in [0.3, 0.4) is 0 Å². The molecule has 0 spiro atoms. The number of carbonyl (C=O) groups excluding carboxylic acids is 2. The maximum atomic E-state index is 14.6. The van der Waals surface area contributed by atoms with Crippen molar-refractivity contribution in [3.05, 3.63) is 95.7 Å². The van der Waals surface area contributed by atoms with Crippen LogP contribution in [-0.4, -0.2) is 45.9 Å². The molecule has 6 nitrogen and oxygen atoms in total. The summed E-state index contributed by atoms with van der Waals surface area (Å²) < 4.78 is 5.30. The van der Waals surface area contributed by atoms with Gasteiger partial charge in [0, 0.05) is 35.2 Å². The summed E-state index contributed by atoms with van der Waals surface area (Å²) in [5.41, 5.74) is 4.43. The van der Waals surface area contributed by atoms with Gasteiger partial charge in [0.05, 0.1) is 7.11 Å². The molecule has 6 rings (SSSR count). The third-order valence-electron chi connectivity index (χ3n) is 9.79. The summed E-state index contributed by atoms with van der Waals surface area (Å²) in [6.45, 7) is 7.11. The number of thioether (sulfide) groups is 1. The highest BCUT2D eigenvalue weighted by atomic mass is 32.2. The van der Waals surface area contributed by atoms with Crippen molar-refractivity contribution in [2.45, 2.75) is 58.0 Å². The van der Waals surface area contributed by atoms with Crippen LogP contribution in [0.2, 0.25) is 0 Å². The van der Waals surface area contributed by atoms with E-state index in [1.807, 2.05) is 71.3 Å². The molecule has 1 aliphatic carbocycles. The van der Waals surface area contributed by atoms with Gasteiger partial charge in [-0.2, -0.15) is 11.8 Å². The van der Waals surface area contributed by atoms with Crippen molar-refractivity contribution in [2.75, 3.05) is 23.9 Å². The number of para-hydroxylation sites is 1. The van der Waals surface area contributed by atoms with E-state index in [1.54, 1.807) is 7.11 Å². The number of aromatic amines is 1. The van der Waals surface area contributed by atoms with Crippen molar-refractivity contribution in [3.63, 3.8) is 0 Å². The number of amides is 2. The first-order chi connectivity index (χ1) is 20.7. The second-order valence-corrected chi connectivity index (χ2v) is 13.8. The fraction of sp³-hybridized carbons (Fsp3) is 0.389. The lowest BCUT2D eigenvalue weighted by molar-refractivity contribution is -0.147. The molecule has 2 heterocycles. The Morgan fingerprint density at radius 2 is 1.65 bits per heavy atom. The average Bonchev–Trinajstić information content (AvgIpc) is 3.37. The number of fused-ring (bicyclic) bond motifs is 1. The van der Waals surface area contributed by atoms with E-state index in [1.165, 1.54) is 16.6 Å². The molecule has 7 heteroatoms. The monoisotopic (exact) mass is 595 g/mol. The van der Waals surface area contributed by atoms with E-state index in [2.05, 4.69) is 55.3 Å². The molecule has 2 N–H and O–H groups in total. The molecular formula is C36H41N3O3S. The maximum absolute atomic E-state index is 14.6. The zero-order valence-corrected chi connectivity index (χ0v) is 26.3. The van der Waals surface area contributed by atoms with E-state index < -0.39 is 5.54 Å². The molecule has 43 heavy (non-hydrogen) atoms.